The number of hydrogen-bond acceptors (Lipinski definition) is 7. The van der Waals surface area contributed by atoms with Gasteiger partial charge in [-0.15, -0.1) is 0 Å². The van der Waals surface area contributed by atoms with Crippen LogP contribution >= 0.6 is 39.1 Å². The van der Waals surface area contributed by atoms with E-state index in [1.807, 2.05) is 31.2 Å². The molecule has 0 N–H and O–H groups in total. The van der Waals surface area contributed by atoms with Gasteiger partial charge in [0.15, 0.2) is 6.29 Å². The van der Waals surface area contributed by atoms with Gasteiger partial charge >= 0.3 is 0 Å². The highest BCUT2D eigenvalue weighted by atomic mass is 79.9. The molecule has 0 saturated heterocycles. The smallest absolute Gasteiger partial charge is 0.153 e. The Bertz CT molecular complexity index is 1560. The molecule has 0 aliphatic carbocycles. The molecule has 0 aliphatic heterocycles. The molecule has 0 bridgehead atoms. The van der Waals surface area contributed by atoms with Crippen LogP contribution in [0.25, 0.3) is 11.3 Å². The molecule has 4 aromatic rings. The fraction of sp³-hybridized carbons (Fsp3) is 0.200. The maximum absolute atomic E-state index is 11.7. The van der Waals surface area contributed by atoms with E-state index in [4.69, 9.17) is 42.7 Å². The maximum atomic E-state index is 11.7. The molecule has 0 aliphatic rings. The normalized spacial score (nSPS) is 10.6. The lowest BCUT2D eigenvalue weighted by Gasteiger charge is -2.16. The van der Waals surface area contributed by atoms with E-state index in [0.29, 0.717) is 52.0 Å². The molecular weight excluding hydrogens is 617 g/mol. The number of aromatic nitrogens is 2. The molecule has 0 spiro atoms. The molecule has 7 nitrogen and oxygen atoms in total. The number of nitriles is 1. The van der Waals surface area contributed by atoms with Gasteiger partial charge in [-0.3, -0.25) is 14.8 Å². The summed E-state index contributed by atoms with van der Waals surface area (Å²) in [5, 5.41) is 10.7. The van der Waals surface area contributed by atoms with Gasteiger partial charge in [-0.1, -0.05) is 57.3 Å². The monoisotopic (exact) mass is 639 g/mol. The topological polar surface area (TPSA) is 94.3 Å². The molecule has 204 valence electrons. The molecule has 10 heteroatoms. The first-order valence-corrected chi connectivity index (χ1v) is 14.1. The van der Waals surface area contributed by atoms with Crippen LogP contribution < -0.4 is 14.2 Å². The number of benzene rings is 2. The summed E-state index contributed by atoms with van der Waals surface area (Å²) >= 11 is 16.5. The molecular formula is C30H24BrCl2N3O4. The number of nitrogens with zero attached hydrogens (tertiary/aromatic N) is 3. The van der Waals surface area contributed by atoms with Gasteiger partial charge in [0.1, 0.15) is 41.6 Å². The number of hydrogen-bond donors (Lipinski definition) is 0. The highest BCUT2D eigenvalue weighted by molar-refractivity contribution is 9.09. The Morgan fingerprint density at radius 2 is 1.85 bits per heavy atom. The molecule has 2 heterocycles. The number of aldehydes is 1. The van der Waals surface area contributed by atoms with Crippen molar-refractivity contribution in [1.29, 1.82) is 5.26 Å². The molecule has 0 saturated carbocycles. The predicted molar refractivity (Wildman–Crippen MR) is 158 cm³/mol. The number of carbonyl (C=O) groups excluding carboxylic acids is 1. The first-order valence-electron chi connectivity index (χ1n) is 12.3. The van der Waals surface area contributed by atoms with Crippen LogP contribution in [0.5, 0.6) is 17.2 Å². The molecule has 2 aromatic carbocycles. The third kappa shape index (κ3) is 7.11. The number of alkyl halides is 1. The molecule has 0 amide bonds. The van der Waals surface area contributed by atoms with Crippen molar-refractivity contribution in [2.24, 2.45) is 0 Å². The highest BCUT2D eigenvalue weighted by Crippen LogP contribution is 2.37. The zero-order valence-electron chi connectivity index (χ0n) is 21.5. The van der Waals surface area contributed by atoms with E-state index in [2.05, 4.69) is 25.9 Å². The van der Waals surface area contributed by atoms with E-state index >= 15 is 0 Å². The van der Waals surface area contributed by atoms with E-state index in [0.717, 1.165) is 28.4 Å². The molecule has 0 radical (unpaired) electrons. The van der Waals surface area contributed by atoms with Gasteiger partial charge in [0, 0.05) is 47.2 Å². The lowest BCUT2D eigenvalue weighted by molar-refractivity contribution is 0.111. The average Bonchev–Trinajstić information content (AvgIpc) is 2.97. The van der Waals surface area contributed by atoms with E-state index in [1.165, 1.54) is 12.3 Å². The summed E-state index contributed by atoms with van der Waals surface area (Å²) < 4.78 is 17.8. The number of rotatable bonds is 12. The van der Waals surface area contributed by atoms with Crippen molar-refractivity contribution < 1.29 is 19.0 Å². The number of carbonyl (C=O) groups is 1. The van der Waals surface area contributed by atoms with Crippen molar-refractivity contribution >= 4 is 45.4 Å². The van der Waals surface area contributed by atoms with Gasteiger partial charge < -0.3 is 14.2 Å². The number of halogens is 3. The largest absolute Gasteiger partial charge is 0.492 e. The van der Waals surface area contributed by atoms with Crippen molar-refractivity contribution in [1.82, 2.24) is 9.97 Å². The number of pyridine rings is 2. The minimum Gasteiger partial charge on any atom is -0.492 e. The van der Waals surface area contributed by atoms with Gasteiger partial charge in [0.25, 0.3) is 0 Å². The van der Waals surface area contributed by atoms with Crippen molar-refractivity contribution in [3.8, 4) is 34.6 Å². The summed E-state index contributed by atoms with van der Waals surface area (Å²) in [4.78, 5) is 20.2. The van der Waals surface area contributed by atoms with Crippen molar-refractivity contribution in [2.45, 2.75) is 26.6 Å². The lowest BCUT2D eigenvalue weighted by Crippen LogP contribution is -2.03. The minimum absolute atomic E-state index is 0.109. The summed E-state index contributed by atoms with van der Waals surface area (Å²) in [6, 6.07) is 14.3. The van der Waals surface area contributed by atoms with Crippen LogP contribution in [-0.2, 0) is 13.2 Å². The van der Waals surface area contributed by atoms with Crippen LogP contribution in [0, 0.1) is 18.3 Å². The molecule has 0 fully saturated rings. The summed E-state index contributed by atoms with van der Waals surface area (Å²) in [5.74, 6) is 1.24. The Balaban J connectivity index is 1.53. The highest BCUT2D eigenvalue weighted by Gasteiger charge is 2.16. The average molecular weight is 641 g/mol. The second kappa shape index (κ2) is 14.1. The van der Waals surface area contributed by atoms with Crippen molar-refractivity contribution in [3.63, 3.8) is 0 Å². The quantitative estimate of drug-likeness (QED) is 0.0887. The first kappa shape index (κ1) is 29.3. The Morgan fingerprint density at radius 3 is 2.62 bits per heavy atom. The van der Waals surface area contributed by atoms with Crippen LogP contribution in [0.1, 0.15) is 39.0 Å². The van der Waals surface area contributed by atoms with Gasteiger partial charge in [0.2, 0.25) is 0 Å². The standard InChI is InChI=1S/C30H24BrCl2N3O4/c1-19-22(4-2-5-24(19)30-29(33)26(6-8-36-30)38-9-3-7-31)18-40-28-12-27(23(16-37)11-25(28)32)39-17-21-10-20(13-34)14-35-15-21/h2,4-6,8,10-12,14-16H,3,7,9,17-18H2,1H3. The maximum Gasteiger partial charge on any atom is 0.153 e. The third-order valence-corrected chi connectivity index (χ3v) is 7.20. The Kier molecular flexibility index (Phi) is 10.4. The second-order valence-corrected chi connectivity index (χ2v) is 10.2. The lowest BCUT2D eigenvalue weighted by atomic mass is 10.00. The van der Waals surface area contributed by atoms with E-state index in [9.17, 15) is 4.79 Å². The number of ether oxygens (including phenoxy) is 3. The summed E-state index contributed by atoms with van der Waals surface area (Å²) in [6.07, 6.45) is 6.25. The van der Waals surface area contributed by atoms with Crippen LogP contribution in [0.15, 0.2) is 61.1 Å². The summed E-state index contributed by atoms with van der Waals surface area (Å²) in [7, 11) is 0. The van der Waals surface area contributed by atoms with Crippen LogP contribution in [0.4, 0.5) is 0 Å². The first-order chi connectivity index (χ1) is 19.4. The Morgan fingerprint density at radius 1 is 1.02 bits per heavy atom. The van der Waals surface area contributed by atoms with Gasteiger partial charge in [0.05, 0.1) is 28.5 Å². The van der Waals surface area contributed by atoms with E-state index in [1.54, 1.807) is 30.6 Å². The van der Waals surface area contributed by atoms with E-state index < -0.39 is 0 Å². The fourth-order valence-electron chi connectivity index (χ4n) is 3.88. The van der Waals surface area contributed by atoms with Crippen LogP contribution in [-0.4, -0.2) is 28.2 Å². The van der Waals surface area contributed by atoms with Crippen LogP contribution in [0.2, 0.25) is 10.0 Å². The Labute approximate surface area is 250 Å². The van der Waals surface area contributed by atoms with Crippen molar-refractivity contribution in [2.75, 3.05) is 11.9 Å². The minimum atomic E-state index is 0.109. The summed E-state index contributed by atoms with van der Waals surface area (Å²) in [6.45, 7) is 2.82. The predicted octanol–water partition coefficient (Wildman–Crippen LogP) is 7.76. The summed E-state index contributed by atoms with van der Waals surface area (Å²) in [5.41, 5.74) is 4.70. The zero-order chi connectivity index (χ0) is 28.5. The van der Waals surface area contributed by atoms with E-state index in [-0.39, 0.29) is 23.8 Å². The SMILES string of the molecule is Cc1c(COc2cc(OCc3cncc(C#N)c3)c(C=O)cc2Cl)cccc1-c1nccc(OCCCBr)c1Cl. The zero-order valence-corrected chi connectivity index (χ0v) is 24.6. The fourth-order valence-corrected chi connectivity index (χ4v) is 4.60. The molecule has 0 unspecified atom stereocenters. The van der Waals surface area contributed by atoms with Gasteiger partial charge in [-0.25, -0.2) is 0 Å². The van der Waals surface area contributed by atoms with Crippen LogP contribution in [0.3, 0.4) is 0 Å². The molecule has 2 aromatic heterocycles. The molecule has 4 rings (SSSR count). The van der Waals surface area contributed by atoms with Gasteiger partial charge in [-0.2, -0.15) is 5.26 Å². The molecule has 40 heavy (non-hydrogen) atoms. The Hall–Kier alpha value is -3.64. The van der Waals surface area contributed by atoms with Crippen molar-refractivity contribution in [3.05, 3.63) is 98.9 Å². The second-order valence-electron chi connectivity index (χ2n) is 8.66. The third-order valence-electron chi connectivity index (χ3n) is 5.98. The van der Waals surface area contributed by atoms with Gasteiger partial charge in [-0.05, 0) is 36.6 Å². The molecule has 0 atom stereocenters.